The Bertz CT molecular complexity index is 2030. The van der Waals surface area contributed by atoms with Crippen molar-refractivity contribution >= 4 is 19.8 Å². The number of hydrogen-bond acceptors (Lipinski definition) is 8. The minimum Gasteiger partial charge on any atom is -0.462 e. The van der Waals surface area contributed by atoms with Crippen LogP contribution in [0.5, 0.6) is 0 Å². The van der Waals surface area contributed by atoms with Gasteiger partial charge in [0, 0.05) is 19.4 Å². The van der Waals surface area contributed by atoms with Crippen molar-refractivity contribution in [1.29, 1.82) is 0 Å². The van der Waals surface area contributed by atoms with Gasteiger partial charge in [0.1, 0.15) is 6.61 Å². The molecule has 9 nitrogen and oxygen atoms in total. The van der Waals surface area contributed by atoms with Gasteiger partial charge in [0.25, 0.3) is 0 Å². The second-order valence-corrected chi connectivity index (χ2v) is 27.7. The molecule has 0 aromatic heterocycles. The van der Waals surface area contributed by atoms with Crippen molar-refractivity contribution in [2.24, 2.45) is 5.73 Å². The van der Waals surface area contributed by atoms with Crippen LogP contribution < -0.4 is 5.73 Å². The van der Waals surface area contributed by atoms with E-state index in [1.165, 1.54) is 218 Å². The number of phosphoric ester groups is 1. The molecule has 0 amide bonds. The molecular formula is C85H148NO8P. The first-order chi connectivity index (χ1) is 46.8. The van der Waals surface area contributed by atoms with Crippen molar-refractivity contribution in [1.82, 2.24) is 0 Å². The molecule has 546 valence electrons. The lowest BCUT2D eigenvalue weighted by atomic mass is 10.0. The molecule has 0 spiro atoms. The summed E-state index contributed by atoms with van der Waals surface area (Å²) in [6.07, 6.45) is 113. The normalized spacial score (nSPS) is 13.6. The third kappa shape index (κ3) is 79.0. The van der Waals surface area contributed by atoms with Crippen LogP contribution in [-0.2, 0) is 32.7 Å². The van der Waals surface area contributed by atoms with Crippen LogP contribution >= 0.6 is 7.82 Å². The average Bonchev–Trinajstić information content (AvgIpc) is 3.32. The van der Waals surface area contributed by atoms with Gasteiger partial charge in [-0.25, -0.2) is 4.57 Å². The standard InChI is InChI=1S/C85H148NO8P/c1-3-5-7-9-11-13-15-17-19-21-23-25-27-29-31-33-35-37-39-40-41-42-44-45-47-49-51-53-55-57-59-61-63-65-67-69-71-73-75-77-84(87)91-81-83(82-93-95(89,90)92-80-79-86)94-85(88)78-76-74-72-70-68-66-64-62-60-58-56-54-52-50-48-46-43-38-36-34-32-30-28-26-24-22-20-18-16-14-12-10-8-6-4-2/h6,8,12,14-15,17-18,20-21,23-24,26-27,29-30,32,36,38,46,48,52,54,83H,3-5,7,9-11,13,16,19,22,25,28,31,33-35,37,39-45,47,49-51,53,55-82,86H2,1-2H3,(H,89,90)/b8-6-,14-12-,17-15-,20-18-,23-21-,26-24-,29-27-,32-30-,38-36-,48-46-,54-52-. The Morgan fingerprint density at radius 1 is 0.326 bits per heavy atom. The van der Waals surface area contributed by atoms with Gasteiger partial charge in [-0.1, -0.05) is 366 Å². The summed E-state index contributed by atoms with van der Waals surface area (Å²) in [7, 11) is -4.40. The number of allylic oxidation sites excluding steroid dienone is 22. The zero-order valence-corrected chi connectivity index (χ0v) is 62.5. The van der Waals surface area contributed by atoms with E-state index in [2.05, 4.69) is 148 Å². The Morgan fingerprint density at radius 2 is 0.579 bits per heavy atom. The summed E-state index contributed by atoms with van der Waals surface area (Å²) in [5.41, 5.74) is 5.41. The number of phosphoric acid groups is 1. The van der Waals surface area contributed by atoms with Crippen molar-refractivity contribution in [3.63, 3.8) is 0 Å². The molecule has 0 bridgehead atoms. The molecule has 0 aliphatic rings. The Morgan fingerprint density at radius 3 is 0.863 bits per heavy atom. The molecule has 2 atom stereocenters. The van der Waals surface area contributed by atoms with Crippen molar-refractivity contribution < 1.29 is 37.6 Å². The van der Waals surface area contributed by atoms with Gasteiger partial charge in [0.2, 0.25) is 0 Å². The predicted molar refractivity (Wildman–Crippen MR) is 413 cm³/mol. The smallest absolute Gasteiger partial charge is 0.462 e. The molecule has 10 heteroatoms. The topological polar surface area (TPSA) is 134 Å². The van der Waals surface area contributed by atoms with Crippen LogP contribution in [0, 0.1) is 0 Å². The Hall–Kier alpha value is -3.85. The first kappa shape index (κ1) is 91.2. The van der Waals surface area contributed by atoms with E-state index >= 15 is 0 Å². The second-order valence-electron chi connectivity index (χ2n) is 26.2. The van der Waals surface area contributed by atoms with E-state index in [9.17, 15) is 19.0 Å². The molecule has 0 aliphatic heterocycles. The van der Waals surface area contributed by atoms with Gasteiger partial charge in [-0.05, 0) is 116 Å². The van der Waals surface area contributed by atoms with Gasteiger partial charge in [0.05, 0.1) is 13.2 Å². The van der Waals surface area contributed by atoms with Crippen molar-refractivity contribution in [2.75, 3.05) is 26.4 Å². The van der Waals surface area contributed by atoms with Gasteiger partial charge >= 0.3 is 19.8 Å². The second kappa shape index (κ2) is 79.1. The summed E-state index contributed by atoms with van der Waals surface area (Å²) >= 11 is 0. The molecule has 3 N–H and O–H groups in total. The highest BCUT2D eigenvalue weighted by Gasteiger charge is 2.26. The monoisotopic (exact) mass is 1340 g/mol. The third-order valence-electron chi connectivity index (χ3n) is 17.0. The molecule has 0 aliphatic carbocycles. The molecular weight excluding hydrogens is 1190 g/mol. The summed E-state index contributed by atoms with van der Waals surface area (Å²) in [4.78, 5) is 35.5. The highest BCUT2D eigenvalue weighted by molar-refractivity contribution is 7.47. The van der Waals surface area contributed by atoms with Crippen LogP contribution in [0.15, 0.2) is 134 Å². The van der Waals surface area contributed by atoms with Crippen LogP contribution in [0.1, 0.15) is 361 Å². The van der Waals surface area contributed by atoms with Gasteiger partial charge in [-0.2, -0.15) is 0 Å². The van der Waals surface area contributed by atoms with Crippen LogP contribution in [0.4, 0.5) is 0 Å². The first-order valence-corrected chi connectivity index (χ1v) is 41.2. The highest BCUT2D eigenvalue weighted by atomic mass is 31.2. The maximum atomic E-state index is 12.8. The van der Waals surface area contributed by atoms with Gasteiger partial charge < -0.3 is 20.1 Å². The summed E-state index contributed by atoms with van der Waals surface area (Å²) in [5, 5.41) is 0. The van der Waals surface area contributed by atoms with E-state index < -0.39 is 26.5 Å². The van der Waals surface area contributed by atoms with E-state index in [0.29, 0.717) is 6.42 Å². The molecule has 0 aromatic rings. The molecule has 0 radical (unpaired) electrons. The van der Waals surface area contributed by atoms with Crippen molar-refractivity contribution in [3.05, 3.63) is 134 Å². The minimum atomic E-state index is -4.40. The fourth-order valence-electron chi connectivity index (χ4n) is 11.2. The summed E-state index contributed by atoms with van der Waals surface area (Å²) in [6.45, 7) is 3.65. The highest BCUT2D eigenvalue weighted by Crippen LogP contribution is 2.43. The van der Waals surface area contributed by atoms with Gasteiger partial charge in [0.15, 0.2) is 6.10 Å². The zero-order chi connectivity index (χ0) is 68.6. The third-order valence-corrected chi connectivity index (χ3v) is 18.0. The van der Waals surface area contributed by atoms with E-state index in [-0.39, 0.29) is 38.6 Å². The minimum absolute atomic E-state index is 0.0487. The van der Waals surface area contributed by atoms with E-state index in [0.717, 1.165) is 109 Å². The number of unbranched alkanes of at least 4 members (excludes halogenated alkanes) is 39. The molecule has 0 aromatic carbocycles. The van der Waals surface area contributed by atoms with Gasteiger partial charge in [-0.15, -0.1) is 0 Å². The fraction of sp³-hybridized carbons (Fsp3) is 0.718. The lowest BCUT2D eigenvalue weighted by Crippen LogP contribution is -2.29. The lowest BCUT2D eigenvalue weighted by molar-refractivity contribution is -0.161. The molecule has 0 fully saturated rings. The van der Waals surface area contributed by atoms with E-state index in [4.69, 9.17) is 24.3 Å². The number of carbonyl (C=O) groups excluding carboxylic acids is 2. The predicted octanol–water partition coefficient (Wildman–Crippen LogP) is 26.8. The van der Waals surface area contributed by atoms with Crippen molar-refractivity contribution in [2.45, 2.75) is 367 Å². The van der Waals surface area contributed by atoms with E-state index in [1.54, 1.807) is 0 Å². The molecule has 0 saturated heterocycles. The Kier molecular flexibility index (Phi) is 75.9. The van der Waals surface area contributed by atoms with Crippen LogP contribution in [0.25, 0.3) is 0 Å². The van der Waals surface area contributed by atoms with Crippen molar-refractivity contribution in [3.8, 4) is 0 Å². The summed E-state index contributed by atoms with van der Waals surface area (Å²) in [5.74, 6) is -0.825. The zero-order valence-electron chi connectivity index (χ0n) is 61.6. The number of ether oxygens (including phenoxy) is 2. The van der Waals surface area contributed by atoms with Crippen LogP contribution in [0.2, 0.25) is 0 Å². The number of rotatable bonds is 74. The Labute approximate surface area is 586 Å². The molecule has 0 saturated carbocycles. The maximum Gasteiger partial charge on any atom is 0.472 e. The molecule has 0 rings (SSSR count). The van der Waals surface area contributed by atoms with Gasteiger partial charge in [-0.3, -0.25) is 18.6 Å². The Balaban J connectivity index is 3.84. The summed E-state index contributed by atoms with van der Waals surface area (Å²) in [6, 6.07) is 0. The molecule has 0 heterocycles. The largest absolute Gasteiger partial charge is 0.472 e. The maximum absolute atomic E-state index is 12.8. The summed E-state index contributed by atoms with van der Waals surface area (Å²) < 4.78 is 33.3. The van der Waals surface area contributed by atoms with E-state index in [1.807, 2.05) is 0 Å². The first-order valence-electron chi connectivity index (χ1n) is 39.7. The average molecular weight is 1340 g/mol. The fourth-order valence-corrected chi connectivity index (χ4v) is 12.0. The SMILES string of the molecule is CC/C=C\C/C=C\C/C=C\C/C=C\C/C=C\C/C=C\C/C=C\C/C=C\CCCCCCCCCCCCC(=O)OC(COC(=O)CCCCCCCCCCCCCCCCCCCCCCCCCC/C=C\C/C=C\C/C=C\CCCCCCC)COP(=O)(O)OCCN. The number of carbonyl (C=O) groups is 2. The molecule has 2 unspecified atom stereocenters. The van der Waals surface area contributed by atoms with Crippen LogP contribution in [0.3, 0.4) is 0 Å². The lowest BCUT2D eigenvalue weighted by Gasteiger charge is -2.19. The molecule has 95 heavy (non-hydrogen) atoms. The van der Waals surface area contributed by atoms with Crippen LogP contribution in [-0.4, -0.2) is 49.3 Å². The quantitative estimate of drug-likeness (QED) is 0.0264. The number of hydrogen-bond donors (Lipinski definition) is 2. The number of nitrogens with two attached hydrogens (primary N) is 1. The number of esters is 2.